The summed E-state index contributed by atoms with van der Waals surface area (Å²) in [5.74, 6) is 2.10. The molecule has 0 radical (unpaired) electrons. The highest BCUT2D eigenvalue weighted by molar-refractivity contribution is 5.94. The molecule has 164 valence electrons. The third-order valence-corrected chi connectivity index (χ3v) is 5.20. The molecule has 1 aromatic heterocycles. The molecule has 2 unspecified atom stereocenters. The van der Waals surface area contributed by atoms with E-state index in [1.165, 1.54) is 6.92 Å². The largest absolute Gasteiger partial charge is 0.491 e. The Morgan fingerprint density at radius 2 is 1.66 bits per heavy atom. The maximum atomic E-state index is 11.4. The summed E-state index contributed by atoms with van der Waals surface area (Å²) in [6.45, 7) is 3.89. The molecule has 0 amide bonds. The molecule has 2 atom stereocenters. The van der Waals surface area contributed by atoms with Crippen LogP contribution in [-0.4, -0.2) is 33.2 Å². The summed E-state index contributed by atoms with van der Waals surface area (Å²) < 4.78 is 13.8. The zero-order valence-corrected chi connectivity index (χ0v) is 18.1. The second-order valence-corrected chi connectivity index (χ2v) is 7.69. The normalized spacial score (nSPS) is 13.0. The number of aromatic nitrogens is 2. The number of rotatable bonds is 9. The number of aliphatic hydroxyl groups is 1. The van der Waals surface area contributed by atoms with Crippen molar-refractivity contribution in [3.8, 4) is 11.5 Å². The number of fused-ring (bicyclic) bond motifs is 1. The monoisotopic (exact) mass is 430 g/mol. The van der Waals surface area contributed by atoms with E-state index in [1.54, 1.807) is 24.3 Å². The van der Waals surface area contributed by atoms with E-state index >= 15 is 0 Å². The molecule has 1 N–H and O–H groups in total. The minimum absolute atomic E-state index is 0.00272. The third-order valence-electron chi connectivity index (χ3n) is 5.20. The Morgan fingerprint density at radius 3 is 2.38 bits per heavy atom. The molecular weight excluding hydrogens is 404 g/mol. The van der Waals surface area contributed by atoms with Crippen LogP contribution in [0.4, 0.5) is 0 Å². The first-order valence-corrected chi connectivity index (χ1v) is 10.6. The average Bonchev–Trinajstić information content (AvgIpc) is 3.17. The highest BCUT2D eigenvalue weighted by atomic mass is 16.5. The smallest absolute Gasteiger partial charge is 0.159 e. The van der Waals surface area contributed by atoms with Gasteiger partial charge in [0.1, 0.15) is 24.2 Å². The van der Waals surface area contributed by atoms with E-state index in [9.17, 15) is 9.90 Å². The fraction of sp³-hybridized carbons (Fsp3) is 0.231. The van der Waals surface area contributed by atoms with E-state index in [-0.39, 0.29) is 18.5 Å². The minimum atomic E-state index is -0.761. The van der Waals surface area contributed by atoms with Gasteiger partial charge in [0.2, 0.25) is 0 Å². The van der Waals surface area contributed by atoms with Gasteiger partial charge in [-0.3, -0.25) is 4.79 Å². The first-order valence-electron chi connectivity index (χ1n) is 10.6. The quantitative estimate of drug-likeness (QED) is 0.386. The van der Waals surface area contributed by atoms with Crippen molar-refractivity contribution in [1.82, 2.24) is 9.55 Å². The van der Waals surface area contributed by atoms with Gasteiger partial charge in [0, 0.05) is 5.56 Å². The molecule has 6 nitrogen and oxygen atoms in total. The molecule has 0 spiro atoms. The van der Waals surface area contributed by atoms with E-state index in [1.807, 2.05) is 66.1 Å². The van der Waals surface area contributed by atoms with Crippen molar-refractivity contribution in [2.75, 3.05) is 6.61 Å². The van der Waals surface area contributed by atoms with Gasteiger partial charge >= 0.3 is 0 Å². The van der Waals surface area contributed by atoms with Crippen molar-refractivity contribution in [2.45, 2.75) is 32.6 Å². The summed E-state index contributed by atoms with van der Waals surface area (Å²) in [6.07, 6.45) is -1.07. The zero-order valence-electron chi connectivity index (χ0n) is 18.1. The number of ketones is 1. The maximum absolute atomic E-state index is 11.4. The molecule has 0 bridgehead atoms. The number of imidazole rings is 1. The molecule has 4 rings (SSSR count). The number of benzene rings is 3. The first-order chi connectivity index (χ1) is 15.5. The summed E-state index contributed by atoms with van der Waals surface area (Å²) in [4.78, 5) is 16.2. The van der Waals surface area contributed by atoms with Crippen molar-refractivity contribution >= 4 is 16.8 Å². The van der Waals surface area contributed by atoms with Gasteiger partial charge in [-0.15, -0.1) is 0 Å². The summed E-state index contributed by atoms with van der Waals surface area (Å²) in [6, 6.07) is 24.3. The second kappa shape index (κ2) is 9.66. The van der Waals surface area contributed by atoms with Gasteiger partial charge < -0.3 is 19.1 Å². The molecule has 0 aliphatic heterocycles. The van der Waals surface area contributed by atoms with Gasteiger partial charge in [-0.25, -0.2) is 4.98 Å². The van der Waals surface area contributed by atoms with Crippen LogP contribution < -0.4 is 9.47 Å². The summed E-state index contributed by atoms with van der Waals surface area (Å²) in [5, 5.41) is 10.7. The van der Waals surface area contributed by atoms with Crippen molar-refractivity contribution < 1.29 is 19.4 Å². The van der Waals surface area contributed by atoms with Crippen molar-refractivity contribution in [1.29, 1.82) is 0 Å². The van der Waals surface area contributed by atoms with Crippen molar-refractivity contribution in [3.05, 3.63) is 90.3 Å². The van der Waals surface area contributed by atoms with Crippen molar-refractivity contribution in [2.24, 2.45) is 0 Å². The Kier molecular flexibility index (Phi) is 6.52. The number of ether oxygens (including phenoxy) is 2. The lowest BCUT2D eigenvalue weighted by atomic mass is 10.1. The van der Waals surface area contributed by atoms with Gasteiger partial charge in [0.05, 0.1) is 17.6 Å². The number of carbonyl (C=O) groups is 1. The standard InChI is InChI=1S/C26H26N2O4/c1-18(29)20-12-14-22(15-13-20)31-17-21(30)16-28-25-11-7-6-10-24(25)27-26(28)19(2)32-23-8-4-3-5-9-23/h3-15,19,21,30H,16-17H2,1-2H3. The molecule has 0 fully saturated rings. The molecule has 0 aliphatic rings. The molecule has 4 aromatic rings. The van der Waals surface area contributed by atoms with Crippen LogP contribution in [-0.2, 0) is 6.54 Å². The topological polar surface area (TPSA) is 73.6 Å². The summed E-state index contributed by atoms with van der Waals surface area (Å²) in [7, 11) is 0. The Labute approximate surface area is 187 Å². The Bertz CT molecular complexity index is 1190. The maximum Gasteiger partial charge on any atom is 0.159 e. The number of nitrogens with zero attached hydrogens (tertiary/aromatic N) is 2. The number of carbonyl (C=O) groups excluding carboxylic acids is 1. The molecule has 0 saturated heterocycles. The molecule has 32 heavy (non-hydrogen) atoms. The fourth-order valence-electron chi connectivity index (χ4n) is 3.59. The van der Waals surface area contributed by atoms with E-state index < -0.39 is 6.10 Å². The van der Waals surface area contributed by atoms with Crippen LogP contribution in [0.25, 0.3) is 11.0 Å². The minimum Gasteiger partial charge on any atom is -0.491 e. The van der Waals surface area contributed by atoms with E-state index in [0.29, 0.717) is 17.9 Å². The molecule has 1 heterocycles. The molecular formula is C26H26N2O4. The number of para-hydroxylation sites is 3. The van der Waals surface area contributed by atoms with Crippen LogP contribution in [0.3, 0.4) is 0 Å². The molecule has 0 aliphatic carbocycles. The molecule has 3 aromatic carbocycles. The lowest BCUT2D eigenvalue weighted by Gasteiger charge is -2.19. The summed E-state index contributed by atoms with van der Waals surface area (Å²) in [5.41, 5.74) is 2.40. The Morgan fingerprint density at radius 1 is 0.969 bits per heavy atom. The predicted molar refractivity (Wildman–Crippen MR) is 123 cm³/mol. The van der Waals surface area contributed by atoms with Gasteiger partial charge in [-0.2, -0.15) is 0 Å². The van der Waals surface area contributed by atoms with Gasteiger partial charge in [0.25, 0.3) is 0 Å². The highest BCUT2D eigenvalue weighted by Crippen LogP contribution is 2.25. The third kappa shape index (κ3) is 4.98. The Hall–Kier alpha value is -3.64. The zero-order chi connectivity index (χ0) is 22.5. The van der Waals surface area contributed by atoms with Gasteiger partial charge in [-0.1, -0.05) is 30.3 Å². The highest BCUT2D eigenvalue weighted by Gasteiger charge is 2.20. The van der Waals surface area contributed by atoms with Crippen LogP contribution >= 0.6 is 0 Å². The Balaban J connectivity index is 1.49. The van der Waals surface area contributed by atoms with E-state index in [0.717, 1.165) is 22.6 Å². The number of hydrogen-bond acceptors (Lipinski definition) is 5. The lowest BCUT2D eigenvalue weighted by Crippen LogP contribution is -2.25. The van der Waals surface area contributed by atoms with E-state index in [4.69, 9.17) is 14.5 Å². The predicted octanol–water partition coefficient (Wildman–Crippen LogP) is 4.82. The first kappa shape index (κ1) is 21.6. The number of hydrogen-bond donors (Lipinski definition) is 1. The number of aliphatic hydroxyl groups excluding tert-OH is 1. The second-order valence-electron chi connectivity index (χ2n) is 7.69. The van der Waals surface area contributed by atoms with Gasteiger partial charge in [-0.05, 0) is 62.4 Å². The molecule has 0 saturated carbocycles. The van der Waals surface area contributed by atoms with Crippen LogP contribution in [0.15, 0.2) is 78.9 Å². The number of Topliss-reactive ketones (excluding diaryl/α,β-unsaturated/α-hetero) is 1. The average molecular weight is 431 g/mol. The van der Waals surface area contributed by atoms with E-state index in [2.05, 4.69) is 0 Å². The summed E-state index contributed by atoms with van der Waals surface area (Å²) >= 11 is 0. The van der Waals surface area contributed by atoms with Gasteiger partial charge in [0.15, 0.2) is 17.7 Å². The van der Waals surface area contributed by atoms with Crippen molar-refractivity contribution in [3.63, 3.8) is 0 Å². The van der Waals surface area contributed by atoms with Crippen LogP contribution in [0.5, 0.6) is 11.5 Å². The van der Waals surface area contributed by atoms with Crippen LogP contribution in [0, 0.1) is 0 Å². The fourth-order valence-corrected chi connectivity index (χ4v) is 3.59. The van der Waals surface area contributed by atoms with Crippen LogP contribution in [0.2, 0.25) is 0 Å². The van der Waals surface area contributed by atoms with Crippen LogP contribution in [0.1, 0.15) is 36.1 Å². The molecule has 6 heteroatoms. The lowest BCUT2D eigenvalue weighted by molar-refractivity contribution is 0.0903. The SMILES string of the molecule is CC(=O)c1ccc(OCC(O)Cn2c(C(C)Oc3ccccc3)nc3ccccc32)cc1.